The molecular formula is C24H26N6OS. The fraction of sp³-hybridized carbons (Fsp3) is 0.250. The lowest BCUT2D eigenvalue weighted by molar-refractivity contribution is -0.113. The third-order valence-corrected chi connectivity index (χ3v) is 5.97. The maximum Gasteiger partial charge on any atom is 0.236 e. The number of benzene rings is 2. The molecule has 0 aliphatic heterocycles. The number of hydrogen-bond acceptors (Lipinski definition) is 5. The molecule has 1 amide bonds. The summed E-state index contributed by atoms with van der Waals surface area (Å²) in [6, 6.07) is 21.6. The number of thioether (sulfide) groups is 1. The van der Waals surface area contributed by atoms with E-state index in [9.17, 15) is 4.79 Å². The minimum atomic E-state index is -0.138. The zero-order valence-electron chi connectivity index (χ0n) is 18.6. The number of para-hydroxylation sites is 1. The highest BCUT2D eigenvalue weighted by Gasteiger charge is 2.22. The minimum absolute atomic E-state index is 0.128. The van der Waals surface area contributed by atoms with Gasteiger partial charge in [-0.3, -0.25) is 4.79 Å². The molecule has 2 aromatic carbocycles. The van der Waals surface area contributed by atoms with E-state index in [0.717, 1.165) is 22.8 Å². The van der Waals surface area contributed by atoms with E-state index in [1.807, 2.05) is 78.3 Å². The molecule has 32 heavy (non-hydrogen) atoms. The van der Waals surface area contributed by atoms with Gasteiger partial charge in [-0.1, -0.05) is 81.1 Å². The summed E-state index contributed by atoms with van der Waals surface area (Å²) in [5.74, 6) is 1.50. The van der Waals surface area contributed by atoms with Crippen molar-refractivity contribution in [2.75, 3.05) is 11.1 Å². The van der Waals surface area contributed by atoms with Crippen LogP contribution < -0.4 is 5.32 Å². The third-order valence-electron chi connectivity index (χ3n) is 4.95. The number of aromatic nitrogens is 5. The van der Waals surface area contributed by atoms with Crippen molar-refractivity contribution in [2.45, 2.75) is 31.3 Å². The number of hydrogen-bond donors (Lipinski definition) is 1. The summed E-state index contributed by atoms with van der Waals surface area (Å²) in [7, 11) is 1.91. The van der Waals surface area contributed by atoms with E-state index in [1.165, 1.54) is 11.8 Å². The van der Waals surface area contributed by atoms with Crippen LogP contribution in [0.4, 0.5) is 5.82 Å². The Morgan fingerprint density at radius 1 is 1.00 bits per heavy atom. The molecule has 8 heteroatoms. The van der Waals surface area contributed by atoms with Gasteiger partial charge < -0.3 is 9.88 Å². The van der Waals surface area contributed by atoms with Gasteiger partial charge in [0.15, 0.2) is 11.0 Å². The predicted octanol–water partition coefficient (Wildman–Crippen LogP) is 4.70. The lowest BCUT2D eigenvalue weighted by atomic mass is 9.92. The first-order valence-corrected chi connectivity index (χ1v) is 11.3. The maximum absolute atomic E-state index is 12.8. The quantitative estimate of drug-likeness (QED) is 0.435. The van der Waals surface area contributed by atoms with Crippen LogP contribution in [0.3, 0.4) is 0 Å². The van der Waals surface area contributed by atoms with Crippen LogP contribution in [0.25, 0.3) is 17.1 Å². The van der Waals surface area contributed by atoms with Crippen LogP contribution in [0.15, 0.2) is 71.9 Å². The van der Waals surface area contributed by atoms with Crippen LogP contribution in [0.1, 0.15) is 26.5 Å². The second-order valence-electron chi connectivity index (χ2n) is 8.48. The van der Waals surface area contributed by atoms with Gasteiger partial charge in [-0.15, -0.1) is 10.2 Å². The van der Waals surface area contributed by atoms with E-state index >= 15 is 0 Å². The highest BCUT2D eigenvalue weighted by Crippen LogP contribution is 2.27. The van der Waals surface area contributed by atoms with Crippen molar-refractivity contribution in [2.24, 2.45) is 7.05 Å². The number of carbonyl (C=O) groups excluding carboxylic acids is 1. The van der Waals surface area contributed by atoms with Crippen molar-refractivity contribution in [3.63, 3.8) is 0 Å². The molecule has 4 rings (SSSR count). The first-order valence-electron chi connectivity index (χ1n) is 10.4. The lowest BCUT2D eigenvalue weighted by Gasteiger charge is -2.14. The summed E-state index contributed by atoms with van der Waals surface area (Å²) in [5, 5.41) is 17.0. The number of nitrogens with one attached hydrogen (secondary N) is 1. The fourth-order valence-electron chi connectivity index (χ4n) is 3.19. The Labute approximate surface area is 191 Å². The Morgan fingerprint density at radius 3 is 2.31 bits per heavy atom. The molecule has 2 heterocycles. The topological polar surface area (TPSA) is 77.6 Å². The zero-order valence-corrected chi connectivity index (χ0v) is 19.4. The van der Waals surface area contributed by atoms with Gasteiger partial charge in [-0.2, -0.15) is 5.10 Å². The van der Waals surface area contributed by atoms with Gasteiger partial charge in [-0.05, 0) is 12.1 Å². The second kappa shape index (κ2) is 9.00. The van der Waals surface area contributed by atoms with E-state index in [4.69, 9.17) is 5.10 Å². The standard InChI is InChI=1S/C24H26N6OS/c1-24(2,3)19-15-20(30(28-19)18-13-9-6-10-14-18)25-21(31)16-32-23-27-26-22(29(23)4)17-11-7-5-8-12-17/h5-15H,16H2,1-4H3,(H,25,31). The molecule has 4 aromatic rings. The first kappa shape index (κ1) is 21.8. The van der Waals surface area contributed by atoms with Gasteiger partial charge in [0.1, 0.15) is 5.82 Å². The van der Waals surface area contributed by atoms with E-state index in [2.05, 4.69) is 36.3 Å². The van der Waals surface area contributed by atoms with Crippen molar-refractivity contribution < 1.29 is 4.79 Å². The highest BCUT2D eigenvalue weighted by molar-refractivity contribution is 7.99. The maximum atomic E-state index is 12.8. The van der Waals surface area contributed by atoms with Crippen molar-refractivity contribution in [1.29, 1.82) is 0 Å². The molecule has 2 aromatic heterocycles. The molecule has 7 nitrogen and oxygen atoms in total. The second-order valence-corrected chi connectivity index (χ2v) is 9.42. The molecule has 1 N–H and O–H groups in total. The number of carbonyl (C=O) groups is 1. The molecule has 0 spiro atoms. The van der Waals surface area contributed by atoms with E-state index in [-0.39, 0.29) is 17.1 Å². The van der Waals surface area contributed by atoms with Crippen molar-refractivity contribution >= 4 is 23.5 Å². The predicted molar refractivity (Wildman–Crippen MR) is 128 cm³/mol. The molecule has 0 fully saturated rings. The molecule has 0 aliphatic carbocycles. The van der Waals surface area contributed by atoms with E-state index in [0.29, 0.717) is 11.0 Å². The molecular weight excluding hydrogens is 420 g/mol. The molecule has 0 bridgehead atoms. The SMILES string of the molecule is Cn1c(SCC(=O)Nc2cc(C(C)(C)C)nn2-c2ccccc2)nnc1-c1ccccc1. The molecule has 0 atom stereocenters. The van der Waals surface area contributed by atoms with E-state index in [1.54, 1.807) is 4.68 Å². The molecule has 164 valence electrons. The summed E-state index contributed by atoms with van der Waals surface area (Å²) in [5.41, 5.74) is 2.65. The smallest absolute Gasteiger partial charge is 0.236 e. The Bertz CT molecular complexity index is 1210. The van der Waals surface area contributed by atoms with Gasteiger partial charge in [0.05, 0.1) is 17.1 Å². The van der Waals surface area contributed by atoms with Crippen LogP contribution in [-0.2, 0) is 17.3 Å². The van der Waals surface area contributed by atoms with Crippen molar-refractivity contribution in [3.8, 4) is 17.1 Å². The lowest BCUT2D eigenvalue weighted by Crippen LogP contribution is -2.17. The van der Waals surface area contributed by atoms with Crippen LogP contribution in [0.5, 0.6) is 0 Å². The summed E-state index contributed by atoms with van der Waals surface area (Å²) in [4.78, 5) is 12.8. The van der Waals surface area contributed by atoms with E-state index < -0.39 is 0 Å². The number of nitrogens with zero attached hydrogens (tertiary/aromatic N) is 5. The van der Waals surface area contributed by atoms with Crippen LogP contribution in [0.2, 0.25) is 0 Å². The highest BCUT2D eigenvalue weighted by atomic mass is 32.2. The average Bonchev–Trinajstić information content (AvgIpc) is 3.37. The largest absolute Gasteiger partial charge is 0.310 e. The molecule has 0 unspecified atom stereocenters. The van der Waals surface area contributed by atoms with Gasteiger partial charge in [-0.25, -0.2) is 4.68 Å². The van der Waals surface area contributed by atoms with Gasteiger partial charge >= 0.3 is 0 Å². The number of rotatable bonds is 6. The average molecular weight is 447 g/mol. The van der Waals surface area contributed by atoms with Gasteiger partial charge in [0.2, 0.25) is 5.91 Å². The Hall–Kier alpha value is -3.39. The normalized spacial score (nSPS) is 11.5. The van der Waals surface area contributed by atoms with Gasteiger partial charge in [0.25, 0.3) is 0 Å². The molecule has 0 saturated heterocycles. The summed E-state index contributed by atoms with van der Waals surface area (Å²) < 4.78 is 3.68. The van der Waals surface area contributed by atoms with Crippen LogP contribution >= 0.6 is 11.8 Å². The first-order chi connectivity index (χ1) is 15.3. The zero-order chi connectivity index (χ0) is 22.7. The van der Waals surface area contributed by atoms with Gasteiger partial charge in [0, 0.05) is 24.1 Å². The number of amides is 1. The van der Waals surface area contributed by atoms with Crippen molar-refractivity contribution in [3.05, 3.63) is 72.4 Å². The molecule has 0 aliphatic rings. The van der Waals surface area contributed by atoms with Crippen LogP contribution in [-0.4, -0.2) is 36.2 Å². The monoisotopic (exact) mass is 446 g/mol. The Balaban J connectivity index is 1.49. The fourth-order valence-corrected chi connectivity index (χ4v) is 3.90. The van der Waals surface area contributed by atoms with Crippen molar-refractivity contribution in [1.82, 2.24) is 24.5 Å². The van der Waals surface area contributed by atoms with Crippen LogP contribution in [0, 0.1) is 0 Å². The summed E-state index contributed by atoms with van der Waals surface area (Å²) in [6.45, 7) is 6.31. The third kappa shape index (κ3) is 4.75. The summed E-state index contributed by atoms with van der Waals surface area (Å²) in [6.07, 6.45) is 0. The minimum Gasteiger partial charge on any atom is -0.310 e. The Morgan fingerprint density at radius 2 is 1.66 bits per heavy atom. The molecule has 0 radical (unpaired) electrons. The Kier molecular flexibility index (Phi) is 6.14. The molecule has 0 saturated carbocycles. The number of anilines is 1. The summed E-state index contributed by atoms with van der Waals surface area (Å²) >= 11 is 1.35.